The third kappa shape index (κ3) is 5.85. The lowest BCUT2D eigenvalue weighted by atomic mass is 9.87. The van der Waals surface area contributed by atoms with E-state index in [9.17, 15) is 14.3 Å². The molecule has 7 heteroatoms. The first-order chi connectivity index (χ1) is 15.7. The Hall–Kier alpha value is -3.06. The van der Waals surface area contributed by atoms with Crippen molar-refractivity contribution in [3.8, 4) is 11.1 Å². The summed E-state index contributed by atoms with van der Waals surface area (Å²) in [4.78, 5) is 21.7. The van der Waals surface area contributed by atoms with Crippen molar-refractivity contribution in [1.82, 2.24) is 4.98 Å². The summed E-state index contributed by atoms with van der Waals surface area (Å²) in [5, 5.41) is 14.0. The lowest BCUT2D eigenvalue weighted by Crippen LogP contribution is -2.31. The molecule has 2 heterocycles. The number of ether oxygens (including phenoxy) is 1. The second-order valence-electron chi connectivity index (χ2n) is 8.80. The van der Waals surface area contributed by atoms with Gasteiger partial charge in [-0.1, -0.05) is 51.1 Å². The minimum Gasteiger partial charge on any atom is -0.458 e. The Balaban J connectivity index is 2.28. The van der Waals surface area contributed by atoms with E-state index in [4.69, 9.17) is 14.6 Å². The van der Waals surface area contributed by atoms with Crippen LogP contribution in [0.1, 0.15) is 74.9 Å². The summed E-state index contributed by atoms with van der Waals surface area (Å²) in [6.45, 7) is 8.24. The number of aliphatic hydroxyl groups is 1. The van der Waals surface area contributed by atoms with E-state index >= 15 is 0 Å². The molecule has 0 radical (unpaired) electrons. The molecule has 0 bridgehead atoms. The van der Waals surface area contributed by atoms with Gasteiger partial charge in [-0.2, -0.15) is 0 Å². The molecule has 1 aliphatic rings. The molecule has 176 valence electrons. The Morgan fingerprint density at radius 1 is 1.15 bits per heavy atom. The highest BCUT2D eigenvalue weighted by atomic mass is 19.1. The van der Waals surface area contributed by atoms with E-state index in [0.29, 0.717) is 6.42 Å². The number of carbonyl (C=O) groups excluding carboxylic acids is 1. The number of halogens is 1. The number of rotatable bonds is 7. The maximum Gasteiger partial charge on any atom is 0.309 e. The number of oxime groups is 1. The lowest BCUT2D eigenvalue weighted by Gasteiger charge is -2.24. The smallest absolute Gasteiger partial charge is 0.309 e. The Kier molecular flexibility index (Phi) is 7.97. The Morgan fingerprint density at radius 2 is 1.79 bits per heavy atom. The minimum absolute atomic E-state index is 0.00465. The summed E-state index contributed by atoms with van der Waals surface area (Å²) in [7, 11) is 1.47. The van der Waals surface area contributed by atoms with Crippen LogP contribution in [0.5, 0.6) is 0 Å². The van der Waals surface area contributed by atoms with Gasteiger partial charge in [-0.05, 0) is 35.6 Å². The Labute approximate surface area is 194 Å². The van der Waals surface area contributed by atoms with Gasteiger partial charge in [-0.3, -0.25) is 9.78 Å². The molecular formula is C26H31FN2O4. The first-order valence-electron chi connectivity index (χ1n) is 11.2. The van der Waals surface area contributed by atoms with Gasteiger partial charge in [0.15, 0.2) is 0 Å². The van der Waals surface area contributed by atoms with Gasteiger partial charge in [0.2, 0.25) is 0 Å². The Bertz CT molecular complexity index is 1050. The molecule has 1 aromatic heterocycles. The zero-order valence-electron chi connectivity index (χ0n) is 19.7. The fraction of sp³-hybridized carbons (Fsp3) is 0.423. The zero-order valence-corrected chi connectivity index (χ0v) is 19.7. The number of cyclic esters (lactones) is 1. The van der Waals surface area contributed by atoms with Gasteiger partial charge in [0.25, 0.3) is 0 Å². The van der Waals surface area contributed by atoms with Crippen molar-refractivity contribution < 1.29 is 23.9 Å². The van der Waals surface area contributed by atoms with Gasteiger partial charge >= 0.3 is 5.97 Å². The number of benzene rings is 1. The fourth-order valence-electron chi connectivity index (χ4n) is 3.99. The molecule has 1 aromatic carbocycles. The predicted molar refractivity (Wildman–Crippen MR) is 127 cm³/mol. The van der Waals surface area contributed by atoms with Gasteiger partial charge in [-0.25, -0.2) is 4.39 Å². The SMILES string of the molecule is CON=Cc1c(C(C)C)nc(C(C)C)c(C=CC2CC(O)CC(=O)O2)c1-c1ccc(F)cc1. The molecule has 1 N–H and O–H groups in total. The molecule has 1 aliphatic heterocycles. The molecule has 0 spiro atoms. The van der Waals surface area contributed by atoms with E-state index in [2.05, 4.69) is 32.9 Å². The highest BCUT2D eigenvalue weighted by molar-refractivity contribution is 5.95. The van der Waals surface area contributed by atoms with Crippen LogP contribution < -0.4 is 0 Å². The number of hydrogen-bond acceptors (Lipinski definition) is 6. The van der Waals surface area contributed by atoms with Crippen molar-refractivity contribution in [2.75, 3.05) is 7.11 Å². The largest absolute Gasteiger partial charge is 0.458 e. The Morgan fingerprint density at radius 3 is 2.36 bits per heavy atom. The standard InChI is InChI=1S/C26H31FN2O4/c1-15(2)25-21(11-10-20-12-19(30)13-23(31)33-20)24(17-6-8-18(27)9-7-17)22(14-28-32-5)26(29-25)16(3)4/h6-11,14-16,19-20,30H,12-13H2,1-5H3. The molecule has 33 heavy (non-hydrogen) atoms. The normalized spacial score (nSPS) is 19.1. The van der Waals surface area contributed by atoms with Crippen LogP contribution in [0, 0.1) is 5.82 Å². The van der Waals surface area contributed by atoms with E-state index in [1.165, 1.54) is 19.2 Å². The predicted octanol–water partition coefficient (Wildman–Crippen LogP) is 5.19. The molecule has 0 amide bonds. The molecule has 1 fully saturated rings. The highest BCUT2D eigenvalue weighted by Gasteiger charge is 2.26. The van der Waals surface area contributed by atoms with Crippen LogP contribution in [0.3, 0.4) is 0 Å². The van der Waals surface area contributed by atoms with Crippen LogP contribution in [0.15, 0.2) is 35.5 Å². The fourth-order valence-corrected chi connectivity index (χ4v) is 3.99. The number of aromatic nitrogens is 1. The van der Waals surface area contributed by atoms with E-state index in [-0.39, 0.29) is 24.1 Å². The van der Waals surface area contributed by atoms with Crippen molar-refractivity contribution >= 4 is 18.3 Å². The average molecular weight is 455 g/mol. The molecule has 2 atom stereocenters. The monoisotopic (exact) mass is 454 g/mol. The molecule has 3 rings (SSSR count). The number of aliphatic hydroxyl groups excluding tert-OH is 1. The molecule has 1 saturated heterocycles. The van der Waals surface area contributed by atoms with Crippen molar-refractivity contribution in [3.05, 3.63) is 58.7 Å². The number of esters is 1. The number of nitrogens with zero attached hydrogens (tertiary/aromatic N) is 2. The molecule has 2 aromatic rings. The van der Waals surface area contributed by atoms with Crippen molar-refractivity contribution in [1.29, 1.82) is 0 Å². The van der Waals surface area contributed by atoms with E-state index in [1.807, 2.05) is 6.08 Å². The quantitative estimate of drug-likeness (QED) is 0.354. The summed E-state index contributed by atoms with van der Waals surface area (Å²) in [5.74, 6) is -0.553. The second kappa shape index (κ2) is 10.7. The van der Waals surface area contributed by atoms with Crippen LogP contribution in [0.25, 0.3) is 17.2 Å². The van der Waals surface area contributed by atoms with Gasteiger partial charge in [0.1, 0.15) is 19.0 Å². The second-order valence-corrected chi connectivity index (χ2v) is 8.80. The van der Waals surface area contributed by atoms with Crippen LogP contribution in [0.2, 0.25) is 0 Å². The van der Waals surface area contributed by atoms with Crippen LogP contribution in [-0.4, -0.2) is 41.6 Å². The number of hydrogen-bond donors (Lipinski definition) is 1. The molecule has 2 unspecified atom stereocenters. The van der Waals surface area contributed by atoms with Crippen molar-refractivity contribution in [2.24, 2.45) is 5.16 Å². The molecule has 0 saturated carbocycles. The topological polar surface area (TPSA) is 81.0 Å². The van der Waals surface area contributed by atoms with Crippen molar-refractivity contribution in [3.63, 3.8) is 0 Å². The van der Waals surface area contributed by atoms with Crippen LogP contribution in [-0.2, 0) is 14.4 Å². The van der Waals surface area contributed by atoms with E-state index < -0.39 is 18.2 Å². The first-order valence-corrected chi connectivity index (χ1v) is 11.2. The van der Waals surface area contributed by atoms with Gasteiger partial charge < -0.3 is 14.7 Å². The molecular weight excluding hydrogens is 423 g/mol. The molecule has 0 aliphatic carbocycles. The van der Waals surface area contributed by atoms with Crippen molar-refractivity contribution in [2.45, 2.75) is 64.6 Å². The zero-order chi connectivity index (χ0) is 24.1. The van der Waals surface area contributed by atoms with Gasteiger partial charge in [0.05, 0.1) is 30.1 Å². The summed E-state index contributed by atoms with van der Waals surface area (Å²) >= 11 is 0. The molecule has 6 nitrogen and oxygen atoms in total. The third-order valence-corrected chi connectivity index (χ3v) is 5.51. The van der Waals surface area contributed by atoms with Crippen LogP contribution >= 0.6 is 0 Å². The van der Waals surface area contributed by atoms with E-state index in [0.717, 1.165) is 33.6 Å². The summed E-state index contributed by atoms with van der Waals surface area (Å²) in [6, 6.07) is 6.29. The van der Waals surface area contributed by atoms with Crippen LogP contribution in [0.4, 0.5) is 4.39 Å². The number of pyridine rings is 1. The third-order valence-electron chi connectivity index (χ3n) is 5.51. The van der Waals surface area contributed by atoms with Gasteiger partial charge in [0, 0.05) is 23.1 Å². The minimum atomic E-state index is -0.729. The summed E-state index contributed by atoms with van der Waals surface area (Å²) in [5.41, 5.74) is 4.98. The highest BCUT2D eigenvalue weighted by Crippen LogP contribution is 2.37. The lowest BCUT2D eigenvalue weighted by molar-refractivity contribution is -0.156. The summed E-state index contributed by atoms with van der Waals surface area (Å²) in [6.07, 6.45) is 4.36. The van der Waals surface area contributed by atoms with E-state index in [1.54, 1.807) is 24.4 Å². The number of carbonyl (C=O) groups is 1. The van der Waals surface area contributed by atoms with Gasteiger partial charge in [-0.15, -0.1) is 0 Å². The maximum absolute atomic E-state index is 13.7. The average Bonchev–Trinajstić information content (AvgIpc) is 2.75. The first kappa shape index (κ1) is 24.6. The summed E-state index contributed by atoms with van der Waals surface area (Å²) < 4.78 is 19.1. The maximum atomic E-state index is 13.7.